The van der Waals surface area contributed by atoms with Gasteiger partial charge in [-0.2, -0.15) is 0 Å². The number of halogens is 1. The fraction of sp³-hybridized carbons (Fsp3) is 0.115. The summed E-state index contributed by atoms with van der Waals surface area (Å²) in [5.74, 6) is -1.47. The molecule has 0 saturated heterocycles. The number of carboxylic acid groups (broad SMARTS) is 1. The summed E-state index contributed by atoms with van der Waals surface area (Å²) in [7, 11) is 3.33. The predicted molar refractivity (Wildman–Crippen MR) is 127 cm³/mol. The van der Waals surface area contributed by atoms with Crippen LogP contribution in [0.15, 0.2) is 66.9 Å². The number of nitrogens with zero attached hydrogens (tertiary/aromatic N) is 2. The Morgan fingerprint density at radius 2 is 1.61 bits per heavy atom. The number of amides is 1. The smallest absolute Gasteiger partial charge is 0.335 e. The van der Waals surface area contributed by atoms with Crippen LogP contribution in [0.25, 0.3) is 16.6 Å². The maximum absolute atomic E-state index is 13.6. The van der Waals surface area contributed by atoms with Crippen molar-refractivity contribution in [3.63, 3.8) is 0 Å². The van der Waals surface area contributed by atoms with Gasteiger partial charge in [0.05, 0.1) is 27.4 Å². The molecule has 6 nitrogen and oxygen atoms in total. The summed E-state index contributed by atoms with van der Waals surface area (Å²) in [5, 5.41) is 9.55. The molecule has 2 aromatic carbocycles. The molecule has 0 aliphatic heterocycles. The van der Waals surface area contributed by atoms with Crippen molar-refractivity contribution in [3.05, 3.63) is 99.8 Å². The van der Waals surface area contributed by atoms with Crippen LogP contribution >= 0.6 is 11.6 Å². The van der Waals surface area contributed by atoms with E-state index in [1.807, 2.05) is 13.0 Å². The molecule has 1 amide bonds. The lowest BCUT2D eigenvalue weighted by Crippen LogP contribution is -2.22. The molecule has 33 heavy (non-hydrogen) atoms. The number of aryl methyl sites for hydroxylation is 1. The van der Waals surface area contributed by atoms with Crippen molar-refractivity contribution in [2.24, 2.45) is 0 Å². The van der Waals surface area contributed by atoms with Gasteiger partial charge in [0.1, 0.15) is 0 Å². The maximum atomic E-state index is 13.6. The van der Waals surface area contributed by atoms with E-state index < -0.39 is 5.97 Å². The van der Waals surface area contributed by atoms with Gasteiger partial charge in [-0.25, -0.2) is 4.79 Å². The van der Waals surface area contributed by atoms with E-state index in [2.05, 4.69) is 0 Å². The van der Waals surface area contributed by atoms with Gasteiger partial charge in [0, 0.05) is 31.4 Å². The number of benzene rings is 2. The van der Waals surface area contributed by atoms with Crippen LogP contribution < -0.4 is 0 Å². The first-order valence-electron chi connectivity index (χ1n) is 10.2. The van der Waals surface area contributed by atoms with Crippen molar-refractivity contribution < 1.29 is 19.5 Å². The molecule has 0 unspecified atom stereocenters. The fourth-order valence-electron chi connectivity index (χ4n) is 3.83. The summed E-state index contributed by atoms with van der Waals surface area (Å²) in [6, 6.07) is 17.0. The van der Waals surface area contributed by atoms with Gasteiger partial charge in [0.25, 0.3) is 5.91 Å². The van der Waals surface area contributed by atoms with Crippen LogP contribution in [-0.2, 0) is 0 Å². The van der Waals surface area contributed by atoms with Gasteiger partial charge < -0.3 is 14.4 Å². The Balaban J connectivity index is 1.96. The van der Waals surface area contributed by atoms with Crippen molar-refractivity contribution in [2.45, 2.75) is 6.92 Å². The average Bonchev–Trinajstić information content (AvgIpc) is 3.17. The second-order valence-corrected chi connectivity index (χ2v) is 8.37. The monoisotopic (exact) mass is 460 g/mol. The molecule has 1 N–H and O–H groups in total. The highest BCUT2D eigenvalue weighted by atomic mass is 35.5. The highest BCUT2D eigenvalue weighted by molar-refractivity contribution is 6.35. The Morgan fingerprint density at radius 3 is 2.21 bits per heavy atom. The maximum Gasteiger partial charge on any atom is 0.335 e. The van der Waals surface area contributed by atoms with Crippen LogP contribution in [0.2, 0.25) is 5.02 Å². The van der Waals surface area contributed by atoms with Gasteiger partial charge in [-0.3, -0.25) is 9.59 Å². The van der Waals surface area contributed by atoms with E-state index >= 15 is 0 Å². The number of hydrogen-bond donors (Lipinski definition) is 1. The third kappa shape index (κ3) is 4.01. The first kappa shape index (κ1) is 22.3. The van der Waals surface area contributed by atoms with Crippen LogP contribution in [0, 0.1) is 6.92 Å². The molecular weight excluding hydrogens is 440 g/mol. The van der Waals surface area contributed by atoms with E-state index in [9.17, 15) is 19.5 Å². The summed E-state index contributed by atoms with van der Waals surface area (Å²) in [6.45, 7) is 1.82. The lowest BCUT2D eigenvalue weighted by molar-refractivity contribution is 0.0696. The van der Waals surface area contributed by atoms with Crippen LogP contribution in [0.4, 0.5) is 0 Å². The van der Waals surface area contributed by atoms with Gasteiger partial charge in [-0.05, 0) is 54.4 Å². The molecule has 4 rings (SSSR count). The molecule has 2 heterocycles. The van der Waals surface area contributed by atoms with Crippen LogP contribution in [0.5, 0.6) is 0 Å². The van der Waals surface area contributed by atoms with Crippen molar-refractivity contribution >= 4 is 34.8 Å². The minimum Gasteiger partial charge on any atom is -0.478 e. The Morgan fingerprint density at radius 1 is 0.939 bits per heavy atom. The molecule has 0 aliphatic carbocycles. The molecule has 0 radical (unpaired) electrons. The standard InChI is InChI=1S/C26H21ClN2O4/c1-15-5-4-6-20(27)23(15)24(30)22-13-19(16-7-9-17(10-8-16)26(32)33)21-12-11-18(14-29(21)22)25(31)28(2)3/h4-14H,1-3H3,(H,32,33). The number of fused-ring (bicyclic) bond motifs is 1. The number of carbonyl (C=O) groups is 3. The molecule has 0 spiro atoms. The summed E-state index contributed by atoms with van der Waals surface area (Å²) >= 11 is 6.37. The Labute approximate surface area is 195 Å². The number of carbonyl (C=O) groups excluding carboxylic acids is 2. The first-order valence-corrected chi connectivity index (χ1v) is 10.6. The van der Waals surface area contributed by atoms with E-state index in [0.29, 0.717) is 27.4 Å². The molecule has 0 aliphatic rings. The summed E-state index contributed by atoms with van der Waals surface area (Å²) in [5.41, 5.74) is 4.30. The van der Waals surface area contributed by atoms with Gasteiger partial charge >= 0.3 is 5.97 Å². The minimum atomic E-state index is -1.01. The van der Waals surface area contributed by atoms with Crippen molar-refractivity contribution in [3.8, 4) is 11.1 Å². The summed E-state index contributed by atoms with van der Waals surface area (Å²) in [6.07, 6.45) is 1.65. The lowest BCUT2D eigenvalue weighted by atomic mass is 10.0. The average molecular weight is 461 g/mol. The third-order valence-electron chi connectivity index (χ3n) is 5.54. The molecule has 0 saturated carbocycles. The molecule has 0 bridgehead atoms. The molecule has 7 heteroatoms. The molecule has 4 aromatic rings. The lowest BCUT2D eigenvalue weighted by Gasteiger charge is -2.12. The fourth-order valence-corrected chi connectivity index (χ4v) is 4.14. The zero-order valence-corrected chi connectivity index (χ0v) is 19.1. The van der Waals surface area contributed by atoms with Gasteiger partial charge in [-0.15, -0.1) is 0 Å². The van der Waals surface area contributed by atoms with Crippen LogP contribution in [0.3, 0.4) is 0 Å². The largest absolute Gasteiger partial charge is 0.478 e. The number of aromatic nitrogens is 1. The zero-order valence-electron chi connectivity index (χ0n) is 18.3. The predicted octanol–water partition coefficient (Wildman–Crippen LogP) is 5.20. The van der Waals surface area contributed by atoms with E-state index in [1.54, 1.807) is 67.2 Å². The SMILES string of the molecule is Cc1cccc(Cl)c1C(=O)c1cc(-c2ccc(C(=O)O)cc2)c2ccc(C(=O)N(C)C)cn12. The molecule has 0 atom stereocenters. The van der Waals surface area contributed by atoms with Crippen LogP contribution in [-0.4, -0.2) is 46.2 Å². The van der Waals surface area contributed by atoms with Crippen molar-refractivity contribution in [1.29, 1.82) is 0 Å². The number of rotatable bonds is 5. The number of hydrogen-bond acceptors (Lipinski definition) is 3. The van der Waals surface area contributed by atoms with Gasteiger partial charge in [0.15, 0.2) is 0 Å². The summed E-state index contributed by atoms with van der Waals surface area (Å²) in [4.78, 5) is 38.9. The second kappa shape index (κ2) is 8.56. The quantitative estimate of drug-likeness (QED) is 0.415. The van der Waals surface area contributed by atoms with E-state index in [1.165, 1.54) is 17.0 Å². The number of carboxylic acids is 1. The number of pyridine rings is 1. The van der Waals surface area contributed by atoms with Crippen molar-refractivity contribution in [1.82, 2.24) is 9.30 Å². The highest BCUT2D eigenvalue weighted by Gasteiger charge is 2.22. The topological polar surface area (TPSA) is 79.1 Å². The third-order valence-corrected chi connectivity index (χ3v) is 5.86. The first-order chi connectivity index (χ1) is 15.7. The molecule has 2 aromatic heterocycles. The normalized spacial score (nSPS) is 10.9. The second-order valence-electron chi connectivity index (χ2n) is 7.96. The number of ketones is 1. The molecule has 0 fully saturated rings. The van der Waals surface area contributed by atoms with E-state index in [4.69, 9.17) is 11.6 Å². The zero-order chi connectivity index (χ0) is 23.9. The number of aromatic carboxylic acids is 1. The Hall–Kier alpha value is -3.90. The van der Waals surface area contributed by atoms with Crippen LogP contribution in [0.1, 0.15) is 42.3 Å². The van der Waals surface area contributed by atoms with Crippen molar-refractivity contribution in [2.75, 3.05) is 14.1 Å². The van der Waals surface area contributed by atoms with Gasteiger partial charge in [0.2, 0.25) is 5.78 Å². The molecular formula is C26H21ClN2O4. The minimum absolute atomic E-state index is 0.170. The highest BCUT2D eigenvalue weighted by Crippen LogP contribution is 2.32. The Bertz CT molecular complexity index is 1400. The van der Waals surface area contributed by atoms with E-state index in [0.717, 1.165) is 16.7 Å². The molecule has 166 valence electrons. The Kier molecular flexibility index (Phi) is 5.78. The summed E-state index contributed by atoms with van der Waals surface area (Å²) < 4.78 is 1.70. The van der Waals surface area contributed by atoms with E-state index in [-0.39, 0.29) is 17.3 Å². The van der Waals surface area contributed by atoms with Gasteiger partial charge in [-0.1, -0.05) is 35.9 Å².